The second-order valence-corrected chi connectivity index (χ2v) is 5.00. The summed E-state index contributed by atoms with van der Waals surface area (Å²) in [4.78, 5) is 4.10. The van der Waals surface area contributed by atoms with E-state index in [1.165, 1.54) is 0 Å². The Morgan fingerprint density at radius 2 is 2.24 bits per heavy atom. The molecule has 3 N–H and O–H groups in total. The molecule has 0 aliphatic carbocycles. The van der Waals surface area contributed by atoms with E-state index in [4.69, 9.17) is 20.4 Å². The van der Waals surface area contributed by atoms with Crippen molar-refractivity contribution in [2.75, 3.05) is 7.11 Å². The van der Waals surface area contributed by atoms with Crippen LogP contribution < -0.4 is 15.2 Å². The van der Waals surface area contributed by atoms with Gasteiger partial charge in [0.05, 0.1) is 18.2 Å². The maximum atomic E-state index is 8.83. The average Bonchev–Trinajstić information content (AvgIpc) is 2.53. The van der Waals surface area contributed by atoms with Gasteiger partial charge in [0, 0.05) is 10.7 Å². The van der Waals surface area contributed by atoms with Crippen molar-refractivity contribution in [2.45, 2.75) is 6.61 Å². The van der Waals surface area contributed by atoms with Crippen LogP contribution in [0.15, 0.2) is 46.2 Å². The third kappa shape index (κ3) is 3.63. The van der Waals surface area contributed by atoms with E-state index in [0.717, 1.165) is 10.0 Å². The molecule has 0 atom stereocenters. The van der Waals surface area contributed by atoms with Crippen molar-refractivity contribution in [3.63, 3.8) is 0 Å². The van der Waals surface area contributed by atoms with Crippen molar-refractivity contribution in [1.29, 1.82) is 0 Å². The van der Waals surface area contributed by atoms with E-state index in [1.807, 2.05) is 12.1 Å². The van der Waals surface area contributed by atoms with Gasteiger partial charge in [-0.05, 0) is 30.3 Å². The number of methoxy groups -OCH3 is 1. The van der Waals surface area contributed by atoms with Crippen molar-refractivity contribution in [3.05, 3.63) is 52.1 Å². The van der Waals surface area contributed by atoms with Crippen molar-refractivity contribution >= 4 is 21.8 Å². The van der Waals surface area contributed by atoms with Crippen LogP contribution in [0.1, 0.15) is 11.1 Å². The number of ether oxygens (including phenoxy) is 2. The number of hydrogen-bond acceptors (Lipinski definition) is 5. The minimum Gasteiger partial charge on any atom is -0.488 e. The lowest BCUT2D eigenvalue weighted by atomic mass is 10.2. The van der Waals surface area contributed by atoms with E-state index in [0.29, 0.717) is 17.2 Å². The number of amidine groups is 1. The number of pyridine rings is 1. The minimum atomic E-state index is -0.0237. The van der Waals surface area contributed by atoms with Crippen LogP contribution in [0.4, 0.5) is 0 Å². The molecule has 0 bridgehead atoms. The lowest BCUT2D eigenvalue weighted by Gasteiger charge is -2.12. The molecule has 110 valence electrons. The van der Waals surface area contributed by atoms with Gasteiger partial charge in [-0.3, -0.25) is 0 Å². The molecule has 0 saturated carbocycles. The van der Waals surface area contributed by atoms with E-state index in [-0.39, 0.29) is 12.4 Å². The Morgan fingerprint density at radius 1 is 1.43 bits per heavy atom. The quantitative estimate of drug-likeness (QED) is 0.374. The summed E-state index contributed by atoms with van der Waals surface area (Å²) in [6.07, 6.45) is 1.64. The fraction of sp³-hybridized carbons (Fsp3) is 0.143. The molecule has 0 aliphatic rings. The maximum Gasteiger partial charge on any atom is 0.219 e. The number of nitrogens with two attached hydrogens (primary N) is 1. The van der Waals surface area contributed by atoms with Gasteiger partial charge in [0.1, 0.15) is 12.4 Å². The molecule has 0 spiro atoms. The van der Waals surface area contributed by atoms with Gasteiger partial charge >= 0.3 is 0 Å². The predicted molar refractivity (Wildman–Crippen MR) is 81.8 cm³/mol. The van der Waals surface area contributed by atoms with Gasteiger partial charge in [-0.25, -0.2) is 4.98 Å². The molecule has 1 aromatic carbocycles. The van der Waals surface area contributed by atoms with Gasteiger partial charge < -0.3 is 20.4 Å². The fourth-order valence-corrected chi connectivity index (χ4v) is 2.12. The summed E-state index contributed by atoms with van der Waals surface area (Å²) in [6, 6.07) is 8.91. The Kier molecular flexibility index (Phi) is 4.99. The van der Waals surface area contributed by atoms with Crippen LogP contribution in [-0.2, 0) is 6.61 Å². The van der Waals surface area contributed by atoms with Crippen LogP contribution in [0.5, 0.6) is 11.6 Å². The highest BCUT2D eigenvalue weighted by atomic mass is 79.9. The zero-order valence-electron chi connectivity index (χ0n) is 11.3. The molecule has 0 unspecified atom stereocenters. The summed E-state index contributed by atoms with van der Waals surface area (Å²) in [5.74, 6) is 0.976. The van der Waals surface area contributed by atoms with Gasteiger partial charge in [-0.2, -0.15) is 0 Å². The van der Waals surface area contributed by atoms with E-state index < -0.39 is 0 Å². The van der Waals surface area contributed by atoms with Gasteiger partial charge in [0.2, 0.25) is 5.88 Å². The zero-order valence-corrected chi connectivity index (χ0v) is 12.9. The van der Waals surface area contributed by atoms with Crippen LogP contribution in [0, 0.1) is 0 Å². The number of nitrogens with zero attached hydrogens (tertiary/aromatic N) is 2. The number of aromatic nitrogens is 1. The Labute approximate surface area is 130 Å². The van der Waals surface area contributed by atoms with E-state index >= 15 is 0 Å². The van der Waals surface area contributed by atoms with Gasteiger partial charge in [0.15, 0.2) is 5.84 Å². The molecule has 1 heterocycles. The van der Waals surface area contributed by atoms with Gasteiger partial charge in [0.25, 0.3) is 0 Å². The highest BCUT2D eigenvalue weighted by Gasteiger charge is 2.11. The molecule has 2 rings (SSSR count). The summed E-state index contributed by atoms with van der Waals surface area (Å²) in [6.45, 7) is 0.254. The monoisotopic (exact) mass is 351 g/mol. The molecule has 0 amide bonds. The highest BCUT2D eigenvalue weighted by Crippen LogP contribution is 2.25. The SMILES string of the molecule is COc1ncccc1COc1ccc(Br)cc1/C(N)=N/O. The smallest absolute Gasteiger partial charge is 0.219 e. The van der Waals surface area contributed by atoms with E-state index in [9.17, 15) is 0 Å². The minimum absolute atomic E-state index is 0.0237. The zero-order chi connectivity index (χ0) is 15.2. The lowest BCUT2D eigenvalue weighted by molar-refractivity contribution is 0.292. The summed E-state index contributed by atoms with van der Waals surface area (Å²) >= 11 is 3.33. The van der Waals surface area contributed by atoms with Crippen molar-refractivity contribution in [1.82, 2.24) is 4.98 Å². The van der Waals surface area contributed by atoms with Crippen molar-refractivity contribution in [3.8, 4) is 11.6 Å². The molecule has 0 saturated heterocycles. The Balaban J connectivity index is 2.24. The first-order valence-corrected chi connectivity index (χ1v) is 6.83. The molecule has 6 nitrogen and oxygen atoms in total. The Morgan fingerprint density at radius 3 is 2.95 bits per heavy atom. The average molecular weight is 352 g/mol. The fourth-order valence-electron chi connectivity index (χ4n) is 1.76. The molecule has 21 heavy (non-hydrogen) atoms. The van der Waals surface area contributed by atoms with E-state index in [2.05, 4.69) is 26.1 Å². The largest absolute Gasteiger partial charge is 0.488 e. The molecule has 2 aromatic rings. The van der Waals surface area contributed by atoms with Gasteiger partial charge in [-0.15, -0.1) is 0 Å². The number of halogens is 1. The molecular weight excluding hydrogens is 338 g/mol. The van der Waals surface area contributed by atoms with E-state index in [1.54, 1.807) is 31.5 Å². The molecule has 0 radical (unpaired) electrons. The van der Waals surface area contributed by atoms with Crippen LogP contribution >= 0.6 is 15.9 Å². The molecule has 7 heteroatoms. The molecule has 1 aromatic heterocycles. The Hall–Kier alpha value is -2.28. The summed E-state index contributed by atoms with van der Waals surface area (Å²) in [7, 11) is 1.55. The molecular formula is C14H14BrN3O3. The predicted octanol–water partition coefficient (Wildman–Crippen LogP) is 2.53. The van der Waals surface area contributed by atoms with Crippen LogP contribution in [0.2, 0.25) is 0 Å². The summed E-state index contributed by atoms with van der Waals surface area (Å²) in [5, 5.41) is 11.8. The summed E-state index contributed by atoms with van der Waals surface area (Å²) < 4.78 is 11.7. The first-order chi connectivity index (χ1) is 10.2. The second kappa shape index (κ2) is 6.94. The number of oxime groups is 1. The van der Waals surface area contributed by atoms with Crippen LogP contribution in [-0.4, -0.2) is 23.1 Å². The number of benzene rings is 1. The molecule has 0 aliphatic heterocycles. The van der Waals surface area contributed by atoms with Crippen molar-refractivity contribution in [2.24, 2.45) is 10.9 Å². The first kappa shape index (κ1) is 15.1. The first-order valence-electron chi connectivity index (χ1n) is 6.04. The maximum absolute atomic E-state index is 8.83. The van der Waals surface area contributed by atoms with Crippen LogP contribution in [0.25, 0.3) is 0 Å². The number of hydrogen-bond donors (Lipinski definition) is 2. The third-order valence-electron chi connectivity index (χ3n) is 2.75. The molecule has 0 fully saturated rings. The third-order valence-corrected chi connectivity index (χ3v) is 3.25. The Bertz CT molecular complexity index is 662. The number of rotatable bonds is 5. The van der Waals surface area contributed by atoms with Crippen LogP contribution in [0.3, 0.4) is 0 Å². The second-order valence-electron chi connectivity index (χ2n) is 4.09. The summed E-state index contributed by atoms with van der Waals surface area (Å²) in [5.41, 5.74) is 6.95. The standard InChI is InChI=1S/C14H14BrN3O3/c1-20-14-9(3-2-6-17-14)8-21-12-5-4-10(15)7-11(12)13(16)18-19/h2-7,19H,8H2,1H3,(H2,16,18). The highest BCUT2D eigenvalue weighted by molar-refractivity contribution is 9.10. The lowest BCUT2D eigenvalue weighted by Crippen LogP contribution is -2.15. The van der Waals surface area contributed by atoms with Gasteiger partial charge in [-0.1, -0.05) is 21.1 Å². The normalized spacial score (nSPS) is 11.2. The topological polar surface area (TPSA) is 90.0 Å². The van der Waals surface area contributed by atoms with Crippen molar-refractivity contribution < 1.29 is 14.7 Å².